The summed E-state index contributed by atoms with van der Waals surface area (Å²) < 4.78 is 153. The summed E-state index contributed by atoms with van der Waals surface area (Å²) in [5.41, 5.74) is -8.44. The monoisotopic (exact) mass is 559 g/mol. The third kappa shape index (κ3) is 5.26. The van der Waals surface area contributed by atoms with Gasteiger partial charge in [0.2, 0.25) is 0 Å². The Kier molecular flexibility index (Phi) is 8.51. The van der Waals surface area contributed by atoms with Gasteiger partial charge in [0.15, 0.2) is 0 Å². The highest BCUT2D eigenvalue weighted by Gasteiger charge is 2.80. The molecular weight excluding hydrogens is 535 g/mol. The van der Waals surface area contributed by atoms with Crippen LogP contribution >= 0.6 is 0 Å². The lowest BCUT2D eigenvalue weighted by Gasteiger charge is -2.45. The van der Waals surface area contributed by atoms with Crippen LogP contribution in [0.2, 0.25) is 13.1 Å². The van der Waals surface area contributed by atoms with E-state index in [1.807, 2.05) is 0 Å². The van der Waals surface area contributed by atoms with E-state index in [9.17, 15) is 48.7 Å². The van der Waals surface area contributed by atoms with Gasteiger partial charge in [0.1, 0.15) is 13.7 Å². The van der Waals surface area contributed by atoms with Crippen LogP contribution in [0.15, 0.2) is 36.5 Å². The Morgan fingerprint density at radius 3 is 1.89 bits per heavy atom. The molecule has 0 saturated heterocycles. The van der Waals surface area contributed by atoms with E-state index in [1.54, 1.807) is 24.9 Å². The maximum Gasteiger partial charge on any atom is 0.462 e. The van der Waals surface area contributed by atoms with Gasteiger partial charge in [-0.15, -0.1) is 6.58 Å². The molecule has 0 N–H and O–H groups in total. The fourth-order valence-corrected chi connectivity index (χ4v) is 4.41. The Morgan fingerprint density at radius 2 is 1.50 bits per heavy atom. The highest BCUT2D eigenvalue weighted by atomic mass is 28.3. The van der Waals surface area contributed by atoms with Gasteiger partial charge >= 0.3 is 30.1 Å². The van der Waals surface area contributed by atoms with E-state index in [0.29, 0.717) is 19.2 Å². The molecule has 15 heteroatoms. The third-order valence-corrected chi connectivity index (χ3v) is 8.78. The fraction of sp³-hybridized carbons (Fsp3) is 0.571. The van der Waals surface area contributed by atoms with Crippen LogP contribution < -0.4 is 10.1 Å². The van der Waals surface area contributed by atoms with Crippen LogP contribution in [0.5, 0.6) is 0 Å². The molecule has 0 spiro atoms. The smallest absolute Gasteiger partial charge is 0.312 e. The van der Waals surface area contributed by atoms with E-state index in [1.165, 1.54) is 12.1 Å². The van der Waals surface area contributed by atoms with Crippen molar-refractivity contribution in [3.63, 3.8) is 0 Å². The lowest BCUT2D eigenvalue weighted by molar-refractivity contribution is -0.454. The highest BCUT2D eigenvalue weighted by Crippen LogP contribution is 2.54. The summed E-state index contributed by atoms with van der Waals surface area (Å²) in [5, 5.41) is 0.525. The molecule has 0 aliphatic rings. The maximum atomic E-state index is 15.8. The quantitative estimate of drug-likeness (QED) is 0.254. The number of nitrogens with zero attached hydrogens (tertiary/aromatic N) is 1. The molecule has 0 aliphatic heterocycles. The zero-order chi connectivity index (χ0) is 28.8. The van der Waals surface area contributed by atoms with Crippen LogP contribution in [-0.2, 0) is 9.53 Å². The van der Waals surface area contributed by atoms with Gasteiger partial charge in [-0.3, -0.25) is 4.79 Å². The molecule has 0 aliphatic carbocycles. The van der Waals surface area contributed by atoms with Gasteiger partial charge in [-0.2, -0.15) is 43.9 Å². The molecule has 0 bridgehead atoms. The number of ether oxygens (including phenoxy) is 1. The van der Waals surface area contributed by atoms with E-state index < -0.39 is 56.1 Å². The van der Waals surface area contributed by atoms with Gasteiger partial charge in [0, 0.05) is 12.7 Å². The minimum absolute atomic E-state index is 0.0991. The van der Waals surface area contributed by atoms with Crippen molar-refractivity contribution in [3.8, 4) is 0 Å². The largest absolute Gasteiger partial charge is 0.462 e. The number of halogens is 11. The van der Waals surface area contributed by atoms with Crippen LogP contribution in [0.3, 0.4) is 0 Å². The van der Waals surface area contributed by atoms with Crippen molar-refractivity contribution >= 4 is 24.9 Å². The summed E-state index contributed by atoms with van der Waals surface area (Å²) in [7, 11) is -1.71. The first-order chi connectivity index (χ1) is 15.9. The fourth-order valence-electron chi connectivity index (χ4n) is 3.13. The van der Waals surface area contributed by atoms with Gasteiger partial charge in [0.05, 0.1) is 0 Å². The molecule has 0 radical (unpaired) electrons. The molecule has 1 amide bonds. The first kappa shape index (κ1) is 31.9. The molecule has 0 heterocycles. The van der Waals surface area contributed by atoms with Crippen LogP contribution in [0.4, 0.5) is 54.0 Å². The Bertz CT molecular complexity index is 977. The lowest BCUT2D eigenvalue weighted by Crippen LogP contribution is -2.70. The van der Waals surface area contributed by atoms with Gasteiger partial charge in [-0.05, 0) is 25.5 Å². The summed E-state index contributed by atoms with van der Waals surface area (Å²) in [6.07, 6.45) is -21.6. The number of hydrogen-bond donors (Lipinski definition) is 0. The molecule has 2 unspecified atom stereocenters. The topological polar surface area (TPSA) is 29.5 Å². The van der Waals surface area contributed by atoms with Crippen molar-refractivity contribution in [2.75, 3.05) is 11.9 Å². The Hall–Kier alpha value is -2.16. The number of benzene rings is 1. The minimum atomic E-state index is -7.01. The van der Waals surface area contributed by atoms with Crippen molar-refractivity contribution in [1.29, 1.82) is 0 Å². The third-order valence-electron chi connectivity index (χ3n) is 5.96. The number of carbonyl (C=O) groups is 1. The van der Waals surface area contributed by atoms with Crippen molar-refractivity contribution in [1.82, 2.24) is 0 Å². The molecule has 0 aromatic heterocycles. The van der Waals surface area contributed by atoms with Crippen molar-refractivity contribution < 1.29 is 57.8 Å². The average Bonchev–Trinajstić information content (AvgIpc) is 2.75. The predicted molar refractivity (Wildman–Crippen MR) is 113 cm³/mol. The van der Waals surface area contributed by atoms with Gasteiger partial charge in [-0.25, -0.2) is 4.39 Å². The molecule has 0 saturated carbocycles. The summed E-state index contributed by atoms with van der Waals surface area (Å²) in [4.78, 5) is 13.0. The number of hydrogen-bond acceptors (Lipinski definition) is 2. The maximum absolute atomic E-state index is 15.8. The molecular formula is C21H24F11NO2Si. The van der Waals surface area contributed by atoms with Gasteiger partial charge in [0.25, 0.3) is 5.91 Å². The lowest BCUT2D eigenvalue weighted by atomic mass is 9.81. The first-order valence-electron chi connectivity index (χ1n) is 10.2. The minimum Gasteiger partial charge on any atom is -0.312 e. The van der Waals surface area contributed by atoms with E-state index in [4.69, 9.17) is 0 Å². The van der Waals surface area contributed by atoms with Gasteiger partial charge < -0.3 is 9.64 Å². The molecule has 1 rings (SSSR count). The summed E-state index contributed by atoms with van der Waals surface area (Å²) in [5.74, 6) is -9.58. The molecule has 2 atom stereocenters. The van der Waals surface area contributed by atoms with Crippen LogP contribution in [0.1, 0.15) is 20.3 Å². The Labute approximate surface area is 200 Å². The number of rotatable bonds is 9. The molecule has 206 valence electrons. The van der Waals surface area contributed by atoms with Crippen molar-refractivity contribution in [2.45, 2.75) is 69.0 Å². The summed E-state index contributed by atoms with van der Waals surface area (Å²) in [6.45, 7) is 7.63. The molecule has 36 heavy (non-hydrogen) atoms. The second-order valence-corrected chi connectivity index (χ2v) is 13.2. The van der Waals surface area contributed by atoms with Crippen LogP contribution in [0, 0.1) is 0 Å². The molecule has 1 aromatic rings. The van der Waals surface area contributed by atoms with Crippen molar-refractivity contribution in [3.05, 3.63) is 36.5 Å². The van der Waals surface area contributed by atoms with E-state index in [0.717, 1.165) is 6.07 Å². The first-order valence-corrected chi connectivity index (χ1v) is 13.2. The average molecular weight is 559 g/mol. The second kappa shape index (κ2) is 9.61. The SMILES string of the molecule is C=C[Si](C)(C)c1cccc(N(C)C(=O)C(F)(C(F)(F)F)C(C)(CC)OC(F)(F)C(F)(F)C(F)(F)F)c1. The van der Waals surface area contributed by atoms with E-state index in [-0.39, 0.29) is 17.5 Å². The van der Waals surface area contributed by atoms with Gasteiger partial charge in [-0.1, -0.05) is 43.0 Å². The van der Waals surface area contributed by atoms with E-state index >= 15 is 4.39 Å². The highest BCUT2D eigenvalue weighted by molar-refractivity contribution is 6.93. The number of anilines is 1. The standard InChI is InChI=1S/C21H24F11NO2Si/c1-7-16(3,35-21(31,32)18(23,24)20(28,29)30)17(22,19(25,26)27)15(34)33(4)13-10-9-11-14(12-13)36(5,6)8-2/h8-12H,2,7H2,1,3-6H3. The second-order valence-electron chi connectivity index (χ2n) is 8.77. The zero-order valence-electron chi connectivity index (χ0n) is 19.7. The molecule has 1 aromatic carbocycles. The number of carbonyl (C=O) groups excluding carboxylic acids is 1. The zero-order valence-corrected chi connectivity index (χ0v) is 20.7. The predicted octanol–water partition coefficient (Wildman–Crippen LogP) is 6.54. The number of alkyl halides is 11. The summed E-state index contributed by atoms with van der Waals surface area (Å²) in [6, 6.07) is 5.18. The molecule has 0 fully saturated rings. The van der Waals surface area contributed by atoms with Crippen LogP contribution in [0.25, 0.3) is 0 Å². The number of amides is 1. The van der Waals surface area contributed by atoms with Crippen LogP contribution in [-0.4, -0.2) is 56.7 Å². The van der Waals surface area contributed by atoms with E-state index in [2.05, 4.69) is 11.3 Å². The normalized spacial score (nSPS) is 17.2. The Morgan fingerprint density at radius 1 is 1.00 bits per heavy atom. The Balaban J connectivity index is 3.70. The van der Waals surface area contributed by atoms with Crippen molar-refractivity contribution in [2.24, 2.45) is 0 Å². The summed E-state index contributed by atoms with van der Waals surface area (Å²) >= 11 is 0. The molecule has 3 nitrogen and oxygen atoms in total.